The quantitative estimate of drug-likeness (QED) is 0.569. The van der Waals surface area contributed by atoms with E-state index in [1.165, 1.54) is 23.1 Å². The van der Waals surface area contributed by atoms with Crippen molar-refractivity contribution in [3.05, 3.63) is 28.4 Å². The van der Waals surface area contributed by atoms with E-state index in [9.17, 15) is 4.79 Å². The standard InChI is InChI=1S/C20H21N3O5S2/c1-10-16-19(26-3)22-15(9-25-2)23-20(16)30-17(10)18(24)21-11-7-12-13(8-14(11)29-4)28-6-5-27-12/h7-8H,5-6,9H2,1-4H3,(H,21,24). The Kier molecular flexibility index (Phi) is 5.98. The molecule has 8 nitrogen and oxygen atoms in total. The van der Waals surface area contributed by atoms with Gasteiger partial charge in [-0.1, -0.05) is 0 Å². The van der Waals surface area contributed by atoms with Crippen molar-refractivity contribution in [2.45, 2.75) is 18.4 Å². The van der Waals surface area contributed by atoms with E-state index in [2.05, 4.69) is 15.3 Å². The molecule has 0 saturated carbocycles. The number of aryl methyl sites for hydroxylation is 1. The Morgan fingerprint density at radius 2 is 1.97 bits per heavy atom. The first kappa shape index (κ1) is 20.7. The van der Waals surface area contributed by atoms with Gasteiger partial charge in [-0.15, -0.1) is 23.1 Å². The highest BCUT2D eigenvalue weighted by Gasteiger charge is 2.23. The van der Waals surface area contributed by atoms with Gasteiger partial charge in [0.2, 0.25) is 5.88 Å². The monoisotopic (exact) mass is 447 g/mol. The summed E-state index contributed by atoms with van der Waals surface area (Å²) in [7, 11) is 3.13. The number of hydrogen-bond acceptors (Lipinski definition) is 9. The molecule has 0 atom stereocenters. The molecule has 0 fully saturated rings. The summed E-state index contributed by atoms with van der Waals surface area (Å²) in [5, 5.41) is 3.74. The second-order valence-electron chi connectivity index (χ2n) is 6.47. The van der Waals surface area contributed by atoms with Crippen molar-refractivity contribution in [1.82, 2.24) is 9.97 Å². The van der Waals surface area contributed by atoms with E-state index in [0.29, 0.717) is 51.8 Å². The highest BCUT2D eigenvalue weighted by molar-refractivity contribution is 7.98. The zero-order valence-electron chi connectivity index (χ0n) is 17.0. The van der Waals surface area contributed by atoms with Gasteiger partial charge in [0.25, 0.3) is 5.91 Å². The number of anilines is 1. The van der Waals surface area contributed by atoms with E-state index in [1.807, 2.05) is 19.2 Å². The molecular formula is C20H21N3O5S2. The van der Waals surface area contributed by atoms with Crippen molar-refractivity contribution in [3.8, 4) is 17.4 Å². The predicted octanol–water partition coefficient (Wildman–Crippen LogP) is 3.90. The number of fused-ring (bicyclic) bond motifs is 2. The van der Waals surface area contributed by atoms with Crippen LogP contribution < -0.4 is 19.5 Å². The Bertz CT molecular complexity index is 1120. The Labute approximate surface area is 181 Å². The van der Waals surface area contributed by atoms with Crippen LogP contribution in [0.25, 0.3) is 10.2 Å². The molecule has 0 unspecified atom stereocenters. The smallest absolute Gasteiger partial charge is 0.266 e. The van der Waals surface area contributed by atoms with Crippen molar-refractivity contribution in [2.75, 3.05) is 39.0 Å². The maximum atomic E-state index is 13.2. The van der Waals surface area contributed by atoms with Crippen LogP contribution >= 0.6 is 23.1 Å². The van der Waals surface area contributed by atoms with Gasteiger partial charge in [-0.05, 0) is 24.8 Å². The molecule has 4 rings (SSSR count). The summed E-state index contributed by atoms with van der Waals surface area (Å²) in [5.41, 5.74) is 1.45. The summed E-state index contributed by atoms with van der Waals surface area (Å²) in [6, 6.07) is 3.69. The second-order valence-corrected chi connectivity index (χ2v) is 8.32. The predicted molar refractivity (Wildman–Crippen MR) is 117 cm³/mol. The first-order valence-electron chi connectivity index (χ1n) is 9.17. The topological polar surface area (TPSA) is 91.8 Å². The molecule has 1 aromatic carbocycles. The number of carbonyl (C=O) groups excluding carboxylic acids is 1. The molecular weight excluding hydrogens is 426 g/mol. The van der Waals surface area contributed by atoms with Crippen LogP contribution in [0, 0.1) is 6.92 Å². The Morgan fingerprint density at radius 3 is 2.63 bits per heavy atom. The fraction of sp³-hybridized carbons (Fsp3) is 0.350. The SMILES string of the molecule is COCc1nc(OC)c2c(C)c(C(=O)Nc3cc4c(cc3SC)OCCO4)sc2n1. The lowest BCUT2D eigenvalue weighted by atomic mass is 10.2. The lowest BCUT2D eigenvalue weighted by molar-refractivity contribution is 0.102. The number of rotatable bonds is 6. The summed E-state index contributed by atoms with van der Waals surface area (Å²) in [4.78, 5) is 24.2. The molecule has 0 bridgehead atoms. The number of hydrogen-bond donors (Lipinski definition) is 1. The van der Waals surface area contributed by atoms with Crippen molar-refractivity contribution >= 4 is 44.9 Å². The number of methoxy groups -OCH3 is 2. The van der Waals surface area contributed by atoms with Gasteiger partial charge in [0.1, 0.15) is 24.7 Å². The van der Waals surface area contributed by atoms with E-state index in [1.54, 1.807) is 20.3 Å². The van der Waals surface area contributed by atoms with Gasteiger partial charge in [-0.25, -0.2) is 4.98 Å². The van der Waals surface area contributed by atoms with E-state index < -0.39 is 0 Å². The zero-order chi connectivity index (χ0) is 21.3. The number of ether oxygens (including phenoxy) is 4. The van der Waals surface area contributed by atoms with Crippen LogP contribution in [0.4, 0.5) is 5.69 Å². The van der Waals surface area contributed by atoms with Crippen LogP contribution in [0.1, 0.15) is 21.1 Å². The minimum absolute atomic E-state index is 0.224. The normalized spacial score (nSPS) is 12.8. The number of thioether (sulfide) groups is 1. The summed E-state index contributed by atoms with van der Waals surface area (Å²) in [6.07, 6.45) is 1.95. The van der Waals surface area contributed by atoms with Gasteiger partial charge in [0.15, 0.2) is 17.3 Å². The average molecular weight is 448 g/mol. The molecule has 0 radical (unpaired) electrons. The van der Waals surface area contributed by atoms with E-state index in [-0.39, 0.29) is 12.5 Å². The summed E-state index contributed by atoms with van der Waals surface area (Å²) >= 11 is 2.83. The molecule has 1 aliphatic heterocycles. The minimum atomic E-state index is -0.224. The summed E-state index contributed by atoms with van der Waals surface area (Å²) < 4.78 is 21.9. The van der Waals surface area contributed by atoms with Gasteiger partial charge in [0.05, 0.1) is 23.1 Å². The molecule has 3 heterocycles. The van der Waals surface area contributed by atoms with Gasteiger partial charge < -0.3 is 24.3 Å². The van der Waals surface area contributed by atoms with Crippen LogP contribution in [-0.2, 0) is 11.3 Å². The fourth-order valence-corrected chi connectivity index (χ4v) is 4.86. The molecule has 2 aromatic heterocycles. The lowest BCUT2D eigenvalue weighted by Crippen LogP contribution is -2.17. The van der Waals surface area contributed by atoms with Crippen LogP contribution in [-0.4, -0.2) is 49.6 Å². The van der Waals surface area contributed by atoms with Crippen molar-refractivity contribution in [2.24, 2.45) is 0 Å². The van der Waals surface area contributed by atoms with Gasteiger partial charge >= 0.3 is 0 Å². The second kappa shape index (κ2) is 8.66. The number of nitrogens with zero attached hydrogens (tertiary/aromatic N) is 2. The van der Waals surface area contributed by atoms with Crippen molar-refractivity contribution in [3.63, 3.8) is 0 Å². The van der Waals surface area contributed by atoms with Gasteiger partial charge in [-0.3, -0.25) is 4.79 Å². The molecule has 10 heteroatoms. The lowest BCUT2D eigenvalue weighted by Gasteiger charge is -2.20. The fourth-order valence-electron chi connectivity index (χ4n) is 3.22. The number of amides is 1. The third-order valence-electron chi connectivity index (χ3n) is 4.59. The minimum Gasteiger partial charge on any atom is -0.486 e. The van der Waals surface area contributed by atoms with Crippen LogP contribution in [0.3, 0.4) is 0 Å². The van der Waals surface area contributed by atoms with Crippen LogP contribution in [0.15, 0.2) is 17.0 Å². The molecule has 0 aliphatic carbocycles. The largest absolute Gasteiger partial charge is 0.486 e. The highest BCUT2D eigenvalue weighted by atomic mass is 32.2. The molecule has 30 heavy (non-hydrogen) atoms. The van der Waals surface area contributed by atoms with E-state index >= 15 is 0 Å². The van der Waals surface area contributed by atoms with Crippen LogP contribution in [0.5, 0.6) is 17.4 Å². The first-order valence-corrected chi connectivity index (χ1v) is 11.2. The Balaban J connectivity index is 1.71. The molecule has 3 aromatic rings. The Hall–Kier alpha value is -2.56. The number of benzene rings is 1. The number of carbonyl (C=O) groups is 1. The maximum Gasteiger partial charge on any atom is 0.266 e. The highest BCUT2D eigenvalue weighted by Crippen LogP contribution is 2.40. The maximum absolute atomic E-state index is 13.2. The summed E-state index contributed by atoms with van der Waals surface area (Å²) in [5.74, 6) is 2.03. The molecule has 0 spiro atoms. The molecule has 1 aliphatic rings. The molecule has 1 amide bonds. The van der Waals surface area contributed by atoms with Crippen molar-refractivity contribution < 1.29 is 23.7 Å². The molecule has 0 saturated heterocycles. The van der Waals surface area contributed by atoms with Crippen molar-refractivity contribution in [1.29, 1.82) is 0 Å². The van der Waals surface area contributed by atoms with E-state index in [4.69, 9.17) is 18.9 Å². The summed E-state index contributed by atoms with van der Waals surface area (Å²) in [6.45, 7) is 3.13. The number of nitrogens with one attached hydrogen (secondary N) is 1. The zero-order valence-corrected chi connectivity index (χ0v) is 18.7. The number of aromatic nitrogens is 2. The molecule has 158 valence electrons. The van der Waals surface area contributed by atoms with E-state index in [0.717, 1.165) is 15.8 Å². The first-order chi connectivity index (χ1) is 14.5. The molecule has 1 N–H and O–H groups in total. The van der Waals surface area contributed by atoms with Gasteiger partial charge in [-0.2, -0.15) is 4.98 Å². The van der Waals surface area contributed by atoms with Crippen LogP contribution in [0.2, 0.25) is 0 Å². The average Bonchev–Trinajstić information content (AvgIpc) is 3.09. The Morgan fingerprint density at radius 1 is 1.23 bits per heavy atom. The third kappa shape index (κ3) is 3.78. The third-order valence-corrected chi connectivity index (χ3v) is 6.55. The van der Waals surface area contributed by atoms with Gasteiger partial charge in [0, 0.05) is 18.1 Å². The number of thiophene rings is 1.